The van der Waals surface area contributed by atoms with Crippen molar-refractivity contribution in [1.29, 1.82) is 0 Å². The number of hydrogen-bond acceptors (Lipinski definition) is 2. The molecule has 1 atom stereocenters. The Morgan fingerprint density at radius 2 is 2.31 bits per heavy atom. The average Bonchev–Trinajstić information content (AvgIpc) is 2.13. The summed E-state index contributed by atoms with van der Waals surface area (Å²) in [5, 5.41) is 3.85. The Bertz CT molecular complexity index is 287. The summed E-state index contributed by atoms with van der Waals surface area (Å²) in [5.74, 6) is 0. The van der Waals surface area contributed by atoms with Crippen LogP contribution in [-0.4, -0.2) is 13.6 Å². The van der Waals surface area contributed by atoms with Crippen LogP contribution in [0.2, 0.25) is 5.02 Å². The molecule has 0 spiro atoms. The van der Waals surface area contributed by atoms with Crippen molar-refractivity contribution in [3.05, 3.63) is 33.3 Å². The highest BCUT2D eigenvalue weighted by molar-refractivity contribution is 9.10. The van der Waals surface area contributed by atoms with E-state index in [1.165, 1.54) is 0 Å². The van der Waals surface area contributed by atoms with Gasteiger partial charge in [0.2, 0.25) is 0 Å². The normalized spacial score (nSPS) is 12.9. The summed E-state index contributed by atoms with van der Waals surface area (Å²) in [6.07, 6.45) is 0. The van der Waals surface area contributed by atoms with E-state index in [1.54, 1.807) is 0 Å². The van der Waals surface area contributed by atoms with Crippen molar-refractivity contribution in [1.82, 2.24) is 5.32 Å². The van der Waals surface area contributed by atoms with E-state index >= 15 is 0 Å². The third kappa shape index (κ3) is 2.68. The Balaban J connectivity index is 3.03. The molecule has 3 N–H and O–H groups in total. The monoisotopic (exact) mass is 262 g/mol. The topological polar surface area (TPSA) is 38.0 Å². The maximum atomic E-state index is 5.89. The van der Waals surface area contributed by atoms with Gasteiger partial charge in [-0.05, 0) is 30.8 Å². The van der Waals surface area contributed by atoms with Crippen LogP contribution >= 0.6 is 27.5 Å². The van der Waals surface area contributed by atoms with E-state index in [4.69, 9.17) is 17.3 Å². The Morgan fingerprint density at radius 1 is 1.62 bits per heavy atom. The molecule has 1 unspecified atom stereocenters. The van der Waals surface area contributed by atoms with E-state index in [2.05, 4.69) is 21.2 Å². The van der Waals surface area contributed by atoms with Crippen molar-refractivity contribution in [2.75, 3.05) is 13.6 Å². The first kappa shape index (κ1) is 11.0. The minimum absolute atomic E-state index is 0.146. The lowest BCUT2D eigenvalue weighted by Gasteiger charge is -2.15. The highest BCUT2D eigenvalue weighted by atomic mass is 79.9. The van der Waals surface area contributed by atoms with Crippen molar-refractivity contribution in [2.45, 2.75) is 6.04 Å². The predicted molar refractivity (Wildman–Crippen MR) is 60.0 cm³/mol. The molecule has 72 valence electrons. The lowest BCUT2D eigenvalue weighted by atomic mass is 10.1. The van der Waals surface area contributed by atoms with Gasteiger partial charge in [0.05, 0.1) is 0 Å². The number of likely N-dealkylation sites (N-methyl/N-ethyl adjacent to an activating group) is 1. The van der Waals surface area contributed by atoms with Gasteiger partial charge in [-0.2, -0.15) is 0 Å². The summed E-state index contributed by atoms with van der Waals surface area (Å²) < 4.78 is 1.03. The molecular formula is C9H12BrClN2. The molecule has 1 aromatic carbocycles. The molecule has 0 aliphatic carbocycles. The fraction of sp³-hybridized carbons (Fsp3) is 0.333. The fourth-order valence-electron chi connectivity index (χ4n) is 1.18. The van der Waals surface area contributed by atoms with Crippen LogP contribution in [0.25, 0.3) is 0 Å². The summed E-state index contributed by atoms with van der Waals surface area (Å²) >= 11 is 9.34. The molecule has 0 radical (unpaired) electrons. The molecule has 0 fully saturated rings. The molecule has 2 nitrogen and oxygen atoms in total. The average molecular weight is 264 g/mol. The highest BCUT2D eigenvalue weighted by Gasteiger charge is 2.10. The maximum absolute atomic E-state index is 5.89. The number of halogens is 2. The van der Waals surface area contributed by atoms with Gasteiger partial charge in [-0.15, -0.1) is 0 Å². The van der Waals surface area contributed by atoms with Crippen molar-refractivity contribution >= 4 is 27.5 Å². The molecule has 1 rings (SSSR count). The highest BCUT2D eigenvalue weighted by Crippen LogP contribution is 2.25. The Labute approximate surface area is 91.6 Å². The summed E-state index contributed by atoms with van der Waals surface area (Å²) in [6, 6.07) is 5.84. The van der Waals surface area contributed by atoms with Crippen molar-refractivity contribution in [3.63, 3.8) is 0 Å². The van der Waals surface area contributed by atoms with Gasteiger partial charge in [0.1, 0.15) is 0 Å². The zero-order chi connectivity index (χ0) is 9.84. The molecular weight excluding hydrogens is 251 g/mol. The second-order valence-electron chi connectivity index (χ2n) is 2.74. The molecule has 0 saturated heterocycles. The third-order valence-corrected chi connectivity index (χ3v) is 2.87. The molecule has 0 bridgehead atoms. The van der Waals surface area contributed by atoms with Crippen LogP contribution in [0.3, 0.4) is 0 Å². The molecule has 0 aliphatic rings. The van der Waals surface area contributed by atoms with E-state index in [0.29, 0.717) is 6.54 Å². The van der Waals surface area contributed by atoms with Gasteiger partial charge < -0.3 is 11.1 Å². The smallest absolute Gasteiger partial charge is 0.0453 e. The zero-order valence-electron chi connectivity index (χ0n) is 7.35. The first-order valence-corrected chi connectivity index (χ1v) is 5.18. The standard InChI is InChI=1S/C9H12BrClN2/c1-13-9(5-12)7-4-6(11)2-3-8(7)10/h2-4,9,13H,5,12H2,1H3. The van der Waals surface area contributed by atoms with Crippen LogP contribution in [0.4, 0.5) is 0 Å². The minimum atomic E-state index is 0.146. The molecule has 0 amide bonds. The van der Waals surface area contributed by atoms with Gasteiger partial charge in [-0.1, -0.05) is 27.5 Å². The van der Waals surface area contributed by atoms with E-state index in [-0.39, 0.29) is 6.04 Å². The maximum Gasteiger partial charge on any atom is 0.0453 e. The largest absolute Gasteiger partial charge is 0.329 e. The van der Waals surface area contributed by atoms with E-state index in [9.17, 15) is 0 Å². The summed E-state index contributed by atoms with van der Waals surface area (Å²) in [5.41, 5.74) is 6.70. The molecule has 4 heteroatoms. The van der Waals surface area contributed by atoms with Gasteiger partial charge in [0.15, 0.2) is 0 Å². The van der Waals surface area contributed by atoms with Crippen molar-refractivity contribution in [3.8, 4) is 0 Å². The van der Waals surface area contributed by atoms with Gasteiger partial charge in [-0.25, -0.2) is 0 Å². The van der Waals surface area contributed by atoms with Crippen molar-refractivity contribution < 1.29 is 0 Å². The Kier molecular flexibility index (Phi) is 4.19. The summed E-state index contributed by atoms with van der Waals surface area (Å²) in [6.45, 7) is 0.551. The van der Waals surface area contributed by atoms with Crippen LogP contribution in [0, 0.1) is 0 Å². The zero-order valence-corrected chi connectivity index (χ0v) is 9.69. The molecule has 0 heterocycles. The first-order chi connectivity index (χ1) is 6.19. The second kappa shape index (κ2) is 4.96. The van der Waals surface area contributed by atoms with Gasteiger partial charge in [-0.3, -0.25) is 0 Å². The molecule has 0 aromatic heterocycles. The van der Waals surface area contributed by atoms with E-state index in [0.717, 1.165) is 15.1 Å². The Morgan fingerprint density at radius 3 is 2.85 bits per heavy atom. The van der Waals surface area contributed by atoms with Crippen LogP contribution in [0.5, 0.6) is 0 Å². The van der Waals surface area contributed by atoms with Crippen LogP contribution in [0.15, 0.2) is 22.7 Å². The minimum Gasteiger partial charge on any atom is -0.329 e. The van der Waals surface area contributed by atoms with Gasteiger partial charge >= 0.3 is 0 Å². The van der Waals surface area contributed by atoms with Crippen molar-refractivity contribution in [2.24, 2.45) is 5.73 Å². The first-order valence-electron chi connectivity index (χ1n) is 4.01. The van der Waals surface area contributed by atoms with E-state index < -0.39 is 0 Å². The summed E-state index contributed by atoms with van der Waals surface area (Å²) in [4.78, 5) is 0. The Hall–Kier alpha value is -0.0900. The van der Waals surface area contributed by atoms with Crippen LogP contribution in [-0.2, 0) is 0 Å². The number of rotatable bonds is 3. The second-order valence-corrected chi connectivity index (χ2v) is 4.03. The predicted octanol–water partition coefficient (Wildman–Crippen LogP) is 2.32. The fourth-order valence-corrected chi connectivity index (χ4v) is 1.89. The number of nitrogens with two attached hydrogens (primary N) is 1. The third-order valence-electron chi connectivity index (χ3n) is 1.92. The quantitative estimate of drug-likeness (QED) is 0.878. The van der Waals surface area contributed by atoms with Crippen LogP contribution < -0.4 is 11.1 Å². The number of hydrogen-bond donors (Lipinski definition) is 2. The molecule has 0 saturated carbocycles. The summed E-state index contributed by atoms with van der Waals surface area (Å²) in [7, 11) is 1.88. The lowest BCUT2D eigenvalue weighted by molar-refractivity contribution is 0.603. The van der Waals surface area contributed by atoms with Crippen LogP contribution in [0.1, 0.15) is 11.6 Å². The van der Waals surface area contributed by atoms with Gasteiger partial charge in [0.25, 0.3) is 0 Å². The molecule has 1 aromatic rings. The molecule has 13 heavy (non-hydrogen) atoms. The SMILES string of the molecule is CNC(CN)c1cc(Cl)ccc1Br. The molecule has 0 aliphatic heterocycles. The number of nitrogens with one attached hydrogen (secondary N) is 1. The lowest BCUT2D eigenvalue weighted by Crippen LogP contribution is -2.25. The van der Waals surface area contributed by atoms with E-state index in [1.807, 2.05) is 25.2 Å². The van der Waals surface area contributed by atoms with Gasteiger partial charge in [0, 0.05) is 22.1 Å². The number of benzene rings is 1.